The van der Waals surface area contributed by atoms with Gasteiger partial charge in [-0.3, -0.25) is 4.79 Å². The molecule has 0 saturated heterocycles. The largest absolute Gasteiger partial charge is 0.482 e. The van der Waals surface area contributed by atoms with Gasteiger partial charge in [0.15, 0.2) is 13.2 Å². The van der Waals surface area contributed by atoms with Crippen LogP contribution in [0.15, 0.2) is 36.4 Å². The topological polar surface area (TPSA) is 90.4 Å². The van der Waals surface area contributed by atoms with Gasteiger partial charge in [-0.05, 0) is 42.2 Å². The predicted octanol–water partition coefficient (Wildman–Crippen LogP) is 3.68. The fourth-order valence-corrected chi connectivity index (χ4v) is 3.21. The SMILES string of the molecule is Cc1ccc(C(C)C)c(OCC(=O)OCC(=O)Nc2cccc3nsnc23)c1. The average Bonchev–Trinajstić information content (AvgIpc) is 3.14. The van der Waals surface area contributed by atoms with Gasteiger partial charge in [0.1, 0.15) is 16.8 Å². The van der Waals surface area contributed by atoms with E-state index in [1.807, 2.05) is 31.2 Å². The molecule has 0 aliphatic carbocycles. The van der Waals surface area contributed by atoms with Gasteiger partial charge in [0.05, 0.1) is 17.4 Å². The molecule has 0 aliphatic heterocycles. The smallest absolute Gasteiger partial charge is 0.344 e. The van der Waals surface area contributed by atoms with Gasteiger partial charge in [0.2, 0.25) is 0 Å². The van der Waals surface area contributed by atoms with Crippen LogP contribution in [0.1, 0.15) is 30.9 Å². The van der Waals surface area contributed by atoms with E-state index in [0.717, 1.165) is 22.9 Å². The first-order valence-corrected chi connectivity index (χ1v) is 9.57. The first-order valence-electron chi connectivity index (χ1n) is 8.84. The second-order valence-corrected chi connectivity index (χ2v) is 7.16. The first kappa shape index (κ1) is 19.8. The van der Waals surface area contributed by atoms with Crippen LogP contribution < -0.4 is 10.1 Å². The molecule has 3 aromatic rings. The standard InChI is InChI=1S/C20H21N3O4S/c1-12(2)14-8-7-13(3)9-17(14)26-11-19(25)27-10-18(24)21-15-5-4-6-16-20(15)23-28-22-16/h4-9,12H,10-11H2,1-3H3,(H,21,24). The zero-order valence-electron chi connectivity index (χ0n) is 15.9. The van der Waals surface area contributed by atoms with E-state index in [-0.39, 0.29) is 12.5 Å². The van der Waals surface area contributed by atoms with E-state index in [9.17, 15) is 9.59 Å². The van der Waals surface area contributed by atoms with Gasteiger partial charge in [-0.15, -0.1) is 0 Å². The van der Waals surface area contributed by atoms with Crippen LogP contribution in [0.4, 0.5) is 5.69 Å². The summed E-state index contributed by atoms with van der Waals surface area (Å²) in [5.74, 6) is -0.147. The molecule has 7 nitrogen and oxygen atoms in total. The summed E-state index contributed by atoms with van der Waals surface area (Å²) in [6.07, 6.45) is 0. The molecule has 1 amide bonds. The molecule has 1 aromatic heterocycles. The number of nitrogens with one attached hydrogen (secondary N) is 1. The zero-order valence-corrected chi connectivity index (χ0v) is 16.7. The number of hydrogen-bond donors (Lipinski definition) is 1. The normalized spacial score (nSPS) is 10.9. The molecule has 1 heterocycles. The zero-order chi connectivity index (χ0) is 20.1. The highest BCUT2D eigenvalue weighted by Crippen LogP contribution is 2.27. The number of amides is 1. The van der Waals surface area contributed by atoms with E-state index < -0.39 is 18.5 Å². The van der Waals surface area contributed by atoms with Gasteiger partial charge in [0, 0.05) is 0 Å². The van der Waals surface area contributed by atoms with Crippen molar-refractivity contribution in [2.45, 2.75) is 26.7 Å². The Kier molecular flexibility index (Phi) is 6.20. The maximum Gasteiger partial charge on any atom is 0.344 e. The second-order valence-electron chi connectivity index (χ2n) is 6.63. The number of aromatic nitrogens is 2. The molecule has 146 valence electrons. The van der Waals surface area contributed by atoms with E-state index >= 15 is 0 Å². The summed E-state index contributed by atoms with van der Waals surface area (Å²) < 4.78 is 18.9. The third-order valence-electron chi connectivity index (χ3n) is 4.06. The van der Waals surface area contributed by atoms with Crippen LogP contribution in [-0.4, -0.2) is 33.8 Å². The molecule has 28 heavy (non-hydrogen) atoms. The van der Waals surface area contributed by atoms with Crippen LogP contribution in [0.25, 0.3) is 11.0 Å². The summed E-state index contributed by atoms with van der Waals surface area (Å²) in [4.78, 5) is 24.0. The molecule has 0 spiro atoms. The van der Waals surface area contributed by atoms with Crippen LogP contribution >= 0.6 is 11.7 Å². The number of fused-ring (bicyclic) bond motifs is 1. The van der Waals surface area contributed by atoms with Crippen molar-refractivity contribution >= 4 is 40.3 Å². The lowest BCUT2D eigenvalue weighted by Crippen LogP contribution is -2.24. The number of hydrogen-bond acceptors (Lipinski definition) is 7. The van der Waals surface area contributed by atoms with Gasteiger partial charge in [-0.25, -0.2) is 4.79 Å². The number of carbonyl (C=O) groups excluding carboxylic acids is 2. The van der Waals surface area contributed by atoms with E-state index in [2.05, 4.69) is 27.9 Å². The molecule has 2 aromatic carbocycles. The molecule has 1 N–H and O–H groups in total. The molecular weight excluding hydrogens is 378 g/mol. The molecule has 0 fully saturated rings. The predicted molar refractivity (Wildman–Crippen MR) is 108 cm³/mol. The van der Waals surface area contributed by atoms with Crippen molar-refractivity contribution in [3.63, 3.8) is 0 Å². The summed E-state index contributed by atoms with van der Waals surface area (Å²) in [5, 5.41) is 2.68. The third kappa shape index (κ3) is 4.83. The average molecular weight is 399 g/mol. The highest BCUT2D eigenvalue weighted by atomic mass is 32.1. The lowest BCUT2D eigenvalue weighted by molar-refractivity contribution is -0.149. The number of carbonyl (C=O) groups is 2. The van der Waals surface area contributed by atoms with Crippen molar-refractivity contribution in [1.82, 2.24) is 8.75 Å². The lowest BCUT2D eigenvalue weighted by atomic mass is 10.0. The van der Waals surface area contributed by atoms with Gasteiger partial charge in [-0.1, -0.05) is 32.0 Å². The molecule has 0 bridgehead atoms. The van der Waals surface area contributed by atoms with Gasteiger partial charge < -0.3 is 14.8 Å². The minimum atomic E-state index is -0.611. The summed E-state index contributed by atoms with van der Waals surface area (Å²) in [5.41, 5.74) is 3.90. The van der Waals surface area contributed by atoms with Gasteiger partial charge >= 0.3 is 5.97 Å². The van der Waals surface area contributed by atoms with Crippen LogP contribution in [-0.2, 0) is 14.3 Å². The maximum absolute atomic E-state index is 12.1. The summed E-state index contributed by atoms with van der Waals surface area (Å²) in [6, 6.07) is 11.2. The quantitative estimate of drug-likeness (QED) is 0.610. The van der Waals surface area contributed by atoms with Crippen LogP contribution in [0.5, 0.6) is 5.75 Å². The Bertz CT molecular complexity index is 1000. The Labute approximate surface area is 167 Å². The minimum absolute atomic E-state index is 0.262. The molecule has 0 aliphatic rings. The summed E-state index contributed by atoms with van der Waals surface area (Å²) in [6.45, 7) is 5.40. The van der Waals surface area contributed by atoms with Gasteiger partial charge in [-0.2, -0.15) is 8.75 Å². The Balaban J connectivity index is 1.51. The van der Waals surface area contributed by atoms with E-state index in [1.54, 1.807) is 12.1 Å². The molecule has 0 saturated carbocycles. The molecule has 0 atom stereocenters. The van der Waals surface area contributed by atoms with Crippen molar-refractivity contribution in [3.05, 3.63) is 47.5 Å². The highest BCUT2D eigenvalue weighted by Gasteiger charge is 2.13. The monoisotopic (exact) mass is 399 g/mol. The number of esters is 1. The van der Waals surface area contributed by atoms with Crippen molar-refractivity contribution in [2.24, 2.45) is 0 Å². The molecule has 3 rings (SSSR count). The fraction of sp³-hybridized carbons (Fsp3) is 0.300. The minimum Gasteiger partial charge on any atom is -0.482 e. The summed E-state index contributed by atoms with van der Waals surface area (Å²) >= 11 is 1.07. The number of benzene rings is 2. The van der Waals surface area contributed by atoms with Crippen LogP contribution in [0.2, 0.25) is 0 Å². The Morgan fingerprint density at radius 1 is 1.14 bits per heavy atom. The van der Waals surface area contributed by atoms with E-state index in [4.69, 9.17) is 9.47 Å². The van der Waals surface area contributed by atoms with Crippen molar-refractivity contribution < 1.29 is 19.1 Å². The fourth-order valence-electron chi connectivity index (χ4n) is 2.66. The Morgan fingerprint density at radius 2 is 1.96 bits per heavy atom. The van der Waals surface area contributed by atoms with Crippen molar-refractivity contribution in [3.8, 4) is 5.75 Å². The van der Waals surface area contributed by atoms with Gasteiger partial charge in [0.25, 0.3) is 5.91 Å². The summed E-state index contributed by atoms with van der Waals surface area (Å²) in [7, 11) is 0. The number of nitrogens with zero attached hydrogens (tertiary/aromatic N) is 2. The van der Waals surface area contributed by atoms with E-state index in [0.29, 0.717) is 22.5 Å². The number of anilines is 1. The first-order chi connectivity index (χ1) is 13.4. The third-order valence-corrected chi connectivity index (χ3v) is 4.60. The lowest BCUT2D eigenvalue weighted by Gasteiger charge is -2.14. The number of aryl methyl sites for hydroxylation is 1. The van der Waals surface area contributed by atoms with Crippen molar-refractivity contribution in [2.75, 3.05) is 18.5 Å². The Morgan fingerprint density at radius 3 is 2.75 bits per heavy atom. The van der Waals surface area contributed by atoms with Crippen LogP contribution in [0, 0.1) is 6.92 Å². The van der Waals surface area contributed by atoms with Crippen molar-refractivity contribution in [1.29, 1.82) is 0 Å². The Hall–Kier alpha value is -3.00. The number of ether oxygens (including phenoxy) is 2. The molecule has 8 heteroatoms. The molecular formula is C20H21N3O4S. The highest BCUT2D eigenvalue weighted by molar-refractivity contribution is 7.00. The molecule has 0 radical (unpaired) electrons. The second kappa shape index (κ2) is 8.79. The maximum atomic E-state index is 12.1. The molecule has 0 unspecified atom stereocenters. The van der Waals surface area contributed by atoms with E-state index in [1.165, 1.54) is 0 Å². The number of rotatable bonds is 7. The van der Waals surface area contributed by atoms with Crippen LogP contribution in [0.3, 0.4) is 0 Å².